The third-order valence-corrected chi connectivity index (χ3v) is 4.30. The van der Waals surface area contributed by atoms with E-state index < -0.39 is 0 Å². The first-order valence-corrected chi connectivity index (χ1v) is 7.29. The van der Waals surface area contributed by atoms with E-state index in [4.69, 9.17) is 5.73 Å². The molecular formula is C12H12FN3OS2. The van der Waals surface area contributed by atoms with Gasteiger partial charge in [0, 0.05) is 12.1 Å². The van der Waals surface area contributed by atoms with Gasteiger partial charge < -0.3 is 11.1 Å². The van der Waals surface area contributed by atoms with Crippen LogP contribution in [0, 0.1) is 5.82 Å². The van der Waals surface area contributed by atoms with Gasteiger partial charge in [0.15, 0.2) is 5.13 Å². The number of nitrogen functional groups attached to an aromatic ring is 1. The Balaban J connectivity index is 1.77. The molecule has 1 amide bonds. The number of nitrogens with one attached hydrogen (secondary N) is 1. The van der Waals surface area contributed by atoms with Crippen molar-refractivity contribution in [1.82, 2.24) is 10.3 Å². The first-order valence-electron chi connectivity index (χ1n) is 5.49. The number of rotatable bonds is 5. The van der Waals surface area contributed by atoms with Crippen LogP contribution in [0.2, 0.25) is 0 Å². The summed E-state index contributed by atoms with van der Waals surface area (Å²) in [6.07, 6.45) is 1.63. The number of hydrogen-bond acceptors (Lipinski definition) is 5. The van der Waals surface area contributed by atoms with Crippen molar-refractivity contribution in [1.29, 1.82) is 0 Å². The number of thioether (sulfide) groups is 1. The molecule has 4 nitrogen and oxygen atoms in total. The van der Waals surface area contributed by atoms with Crippen LogP contribution in [-0.2, 0) is 11.3 Å². The number of nitrogens with two attached hydrogens (primary N) is 1. The van der Waals surface area contributed by atoms with E-state index in [1.165, 1.54) is 29.2 Å². The van der Waals surface area contributed by atoms with Crippen LogP contribution in [0.5, 0.6) is 0 Å². The molecule has 0 saturated carbocycles. The highest BCUT2D eigenvalue weighted by molar-refractivity contribution is 8.01. The van der Waals surface area contributed by atoms with E-state index in [0.717, 1.165) is 4.21 Å². The van der Waals surface area contributed by atoms with E-state index in [9.17, 15) is 9.18 Å². The molecule has 0 aliphatic carbocycles. The minimum atomic E-state index is -0.314. The van der Waals surface area contributed by atoms with Gasteiger partial charge in [-0.2, -0.15) is 0 Å². The molecule has 19 heavy (non-hydrogen) atoms. The van der Waals surface area contributed by atoms with Crippen molar-refractivity contribution in [2.24, 2.45) is 0 Å². The highest BCUT2D eigenvalue weighted by atomic mass is 32.2. The van der Waals surface area contributed by atoms with Crippen molar-refractivity contribution in [3.8, 4) is 0 Å². The largest absolute Gasteiger partial charge is 0.375 e. The van der Waals surface area contributed by atoms with E-state index in [-0.39, 0.29) is 24.0 Å². The molecule has 0 aliphatic heterocycles. The molecule has 1 heterocycles. The summed E-state index contributed by atoms with van der Waals surface area (Å²) in [5, 5.41) is 3.15. The molecule has 0 fully saturated rings. The second kappa shape index (κ2) is 6.53. The monoisotopic (exact) mass is 297 g/mol. The van der Waals surface area contributed by atoms with Crippen molar-refractivity contribution in [3.05, 3.63) is 41.8 Å². The first-order chi connectivity index (χ1) is 9.15. The number of carbonyl (C=O) groups is 1. The van der Waals surface area contributed by atoms with Crippen molar-refractivity contribution in [2.45, 2.75) is 10.8 Å². The maximum atomic E-state index is 13.3. The second-order valence-electron chi connectivity index (χ2n) is 3.67. The highest BCUT2D eigenvalue weighted by Crippen LogP contribution is 2.25. The molecule has 0 bridgehead atoms. The topological polar surface area (TPSA) is 68.0 Å². The van der Waals surface area contributed by atoms with Crippen molar-refractivity contribution >= 4 is 34.1 Å². The van der Waals surface area contributed by atoms with Gasteiger partial charge in [-0.3, -0.25) is 4.79 Å². The SMILES string of the molecule is Nc1ncc(SCC(=O)NCc2ccccc2F)s1. The van der Waals surface area contributed by atoms with E-state index in [0.29, 0.717) is 10.7 Å². The number of benzene rings is 1. The Morgan fingerprint density at radius 1 is 1.47 bits per heavy atom. The lowest BCUT2D eigenvalue weighted by Crippen LogP contribution is -2.24. The molecule has 3 N–H and O–H groups in total. The van der Waals surface area contributed by atoms with Crippen molar-refractivity contribution in [2.75, 3.05) is 11.5 Å². The third-order valence-electron chi connectivity index (χ3n) is 2.28. The minimum Gasteiger partial charge on any atom is -0.375 e. The average Bonchev–Trinajstić information content (AvgIpc) is 2.81. The predicted molar refractivity (Wildman–Crippen MR) is 75.5 cm³/mol. The molecule has 0 atom stereocenters. The van der Waals surface area contributed by atoms with Crippen molar-refractivity contribution < 1.29 is 9.18 Å². The number of thiazole rings is 1. The highest BCUT2D eigenvalue weighted by Gasteiger charge is 2.06. The fraction of sp³-hybridized carbons (Fsp3) is 0.167. The van der Waals surface area contributed by atoms with Gasteiger partial charge in [0.05, 0.1) is 16.2 Å². The van der Waals surface area contributed by atoms with E-state index in [1.54, 1.807) is 24.4 Å². The maximum Gasteiger partial charge on any atom is 0.230 e. The molecule has 100 valence electrons. The van der Waals surface area contributed by atoms with Crippen LogP contribution in [0.4, 0.5) is 9.52 Å². The number of nitrogens with zero attached hydrogens (tertiary/aromatic N) is 1. The van der Waals surface area contributed by atoms with Gasteiger partial charge in [0.2, 0.25) is 5.91 Å². The Kier molecular flexibility index (Phi) is 4.75. The summed E-state index contributed by atoms with van der Waals surface area (Å²) >= 11 is 2.70. The number of aromatic nitrogens is 1. The normalized spacial score (nSPS) is 10.4. The summed E-state index contributed by atoms with van der Waals surface area (Å²) in [5.41, 5.74) is 5.96. The third kappa shape index (κ3) is 4.22. The summed E-state index contributed by atoms with van der Waals surface area (Å²) in [6, 6.07) is 6.37. The van der Waals surface area contributed by atoms with Gasteiger partial charge in [0.25, 0.3) is 0 Å². The zero-order chi connectivity index (χ0) is 13.7. The van der Waals surface area contributed by atoms with Gasteiger partial charge >= 0.3 is 0 Å². The van der Waals surface area contributed by atoms with Gasteiger partial charge in [-0.05, 0) is 6.07 Å². The molecule has 7 heteroatoms. The fourth-order valence-corrected chi connectivity index (χ4v) is 2.95. The zero-order valence-corrected chi connectivity index (χ0v) is 11.6. The second-order valence-corrected chi connectivity index (χ2v) is 6.01. The summed E-state index contributed by atoms with van der Waals surface area (Å²) in [6.45, 7) is 0.191. The molecule has 0 unspecified atom stereocenters. The van der Waals surface area contributed by atoms with Gasteiger partial charge in [-0.15, -0.1) is 11.8 Å². The fourth-order valence-electron chi connectivity index (χ4n) is 1.36. The Morgan fingerprint density at radius 2 is 2.26 bits per heavy atom. The quantitative estimate of drug-likeness (QED) is 0.831. The minimum absolute atomic E-state index is 0.153. The number of carbonyl (C=O) groups excluding carboxylic acids is 1. The van der Waals surface area contributed by atoms with E-state index >= 15 is 0 Å². The Morgan fingerprint density at radius 3 is 2.95 bits per heavy atom. The number of anilines is 1. The van der Waals surface area contributed by atoms with Crippen LogP contribution < -0.4 is 11.1 Å². The number of hydrogen-bond donors (Lipinski definition) is 2. The first kappa shape index (κ1) is 13.8. The van der Waals surface area contributed by atoms with Crippen LogP contribution in [0.3, 0.4) is 0 Å². The van der Waals surface area contributed by atoms with Crippen LogP contribution in [-0.4, -0.2) is 16.6 Å². The molecule has 1 aromatic heterocycles. The van der Waals surface area contributed by atoms with Gasteiger partial charge in [-0.1, -0.05) is 29.5 Å². The smallest absolute Gasteiger partial charge is 0.230 e. The molecule has 0 saturated heterocycles. The molecule has 1 aromatic carbocycles. The lowest BCUT2D eigenvalue weighted by molar-refractivity contribution is -0.118. The number of halogens is 1. The standard InChI is InChI=1S/C12H12FN3OS2/c13-9-4-2-1-3-8(9)5-15-10(17)7-18-11-6-16-12(14)19-11/h1-4,6H,5,7H2,(H2,14,16)(H,15,17). The van der Waals surface area contributed by atoms with Crippen LogP contribution >= 0.6 is 23.1 Å². The Bertz CT molecular complexity index is 574. The average molecular weight is 297 g/mol. The molecular weight excluding hydrogens is 285 g/mol. The summed E-state index contributed by atoms with van der Waals surface area (Å²) in [4.78, 5) is 15.5. The van der Waals surface area contributed by atoms with Crippen LogP contribution in [0.1, 0.15) is 5.56 Å². The van der Waals surface area contributed by atoms with Gasteiger partial charge in [0.1, 0.15) is 5.82 Å². The number of amides is 1. The summed E-state index contributed by atoms with van der Waals surface area (Å²) in [5.74, 6) is -0.207. The molecule has 2 aromatic rings. The van der Waals surface area contributed by atoms with Crippen LogP contribution in [0.15, 0.2) is 34.7 Å². The zero-order valence-electron chi connectivity index (χ0n) is 9.93. The molecule has 0 radical (unpaired) electrons. The van der Waals surface area contributed by atoms with E-state index in [2.05, 4.69) is 10.3 Å². The Hall–Kier alpha value is -1.60. The molecule has 0 spiro atoms. The predicted octanol–water partition coefficient (Wildman–Crippen LogP) is 2.27. The summed E-state index contributed by atoms with van der Waals surface area (Å²) < 4.78 is 14.2. The lowest BCUT2D eigenvalue weighted by atomic mass is 10.2. The Labute approximate surface area is 118 Å². The van der Waals surface area contributed by atoms with Crippen molar-refractivity contribution in [3.63, 3.8) is 0 Å². The van der Waals surface area contributed by atoms with Crippen LogP contribution in [0.25, 0.3) is 0 Å². The summed E-state index contributed by atoms with van der Waals surface area (Å²) in [7, 11) is 0. The van der Waals surface area contributed by atoms with E-state index in [1.807, 2.05) is 0 Å². The lowest BCUT2D eigenvalue weighted by Gasteiger charge is -2.05. The maximum absolute atomic E-state index is 13.3. The molecule has 0 aliphatic rings. The van der Waals surface area contributed by atoms with Gasteiger partial charge in [-0.25, -0.2) is 9.37 Å². The molecule has 2 rings (SSSR count).